The van der Waals surface area contributed by atoms with Gasteiger partial charge in [-0.05, 0) is 0 Å². The third kappa shape index (κ3) is 6.66. The van der Waals surface area contributed by atoms with E-state index in [0.29, 0.717) is 0 Å². The van der Waals surface area contributed by atoms with Gasteiger partial charge in [-0.1, -0.05) is 10.1 Å². The zero-order valence-corrected chi connectivity index (χ0v) is 16.1. The fraction of sp³-hybridized carbons (Fsp3) is 0.571. The van der Waals surface area contributed by atoms with Crippen molar-refractivity contribution in [3.05, 3.63) is 0 Å². The molecule has 0 aliphatic carbocycles. The molecule has 0 saturated carbocycles. The second kappa shape index (κ2) is 9.97. The van der Waals surface area contributed by atoms with Gasteiger partial charge in [0.2, 0.25) is 0 Å². The number of imide groups is 2. The van der Waals surface area contributed by atoms with E-state index in [9.17, 15) is 37.2 Å². The summed E-state index contributed by atoms with van der Waals surface area (Å²) in [5, 5.41) is 0.479. The van der Waals surface area contributed by atoms with Crippen LogP contribution in [0.15, 0.2) is 0 Å². The summed E-state index contributed by atoms with van der Waals surface area (Å²) in [5.41, 5.74) is 0. The molecule has 16 heteroatoms. The number of carbonyl (C=O) groups excluding carboxylic acids is 6. The fourth-order valence-corrected chi connectivity index (χ4v) is 2.82. The van der Waals surface area contributed by atoms with Crippen molar-refractivity contribution in [2.24, 2.45) is 0 Å². The summed E-state index contributed by atoms with van der Waals surface area (Å²) in [6.45, 7) is -1.92. The molecule has 0 unspecified atom stereocenters. The molecule has 0 aromatic carbocycles. The lowest BCUT2D eigenvalue weighted by Crippen LogP contribution is -2.33. The molecular weight excluding hydrogens is 436 g/mol. The first-order valence-corrected chi connectivity index (χ1v) is 9.95. The van der Waals surface area contributed by atoms with Crippen LogP contribution in [0.3, 0.4) is 0 Å². The summed E-state index contributed by atoms with van der Waals surface area (Å²) < 4.78 is 36.6. The van der Waals surface area contributed by atoms with E-state index in [2.05, 4.69) is 23.3 Å². The largest absolute Gasteiger partial charge is 0.534 e. The molecule has 15 nitrogen and oxygen atoms in total. The van der Waals surface area contributed by atoms with Crippen LogP contribution in [0.4, 0.5) is 9.59 Å². The standard InChI is InChI=1S/C14H16N2O13S/c17-9-1-2-10(18)15(9)28-13(21)25-5-6-27-30(23,24)8-7-26-14(22)29-16-11(19)3-4-12(16)20/h1-8H2. The number of hydroxylamine groups is 4. The molecule has 30 heavy (non-hydrogen) atoms. The van der Waals surface area contributed by atoms with Crippen molar-refractivity contribution in [2.75, 3.05) is 25.6 Å². The topological polar surface area (TPSA) is 189 Å². The molecule has 0 atom stereocenters. The van der Waals surface area contributed by atoms with Gasteiger partial charge in [0.25, 0.3) is 33.7 Å². The molecule has 0 aromatic heterocycles. The number of nitrogens with zero attached hydrogens (tertiary/aromatic N) is 2. The first-order valence-electron chi connectivity index (χ1n) is 8.37. The van der Waals surface area contributed by atoms with Crippen molar-refractivity contribution in [1.29, 1.82) is 0 Å². The zero-order valence-electron chi connectivity index (χ0n) is 15.3. The molecule has 2 aliphatic heterocycles. The maximum absolute atomic E-state index is 11.6. The summed E-state index contributed by atoms with van der Waals surface area (Å²) in [7, 11) is -4.19. The lowest BCUT2D eigenvalue weighted by Gasteiger charge is -2.13. The van der Waals surface area contributed by atoms with E-state index in [0.717, 1.165) is 0 Å². The van der Waals surface area contributed by atoms with Crippen molar-refractivity contribution >= 4 is 46.1 Å². The van der Waals surface area contributed by atoms with Crippen LogP contribution in [0.5, 0.6) is 0 Å². The number of rotatable bonds is 9. The molecule has 0 radical (unpaired) electrons. The number of hydrogen-bond acceptors (Lipinski definition) is 13. The van der Waals surface area contributed by atoms with Gasteiger partial charge in [-0.15, -0.1) is 0 Å². The Bertz CT molecular complexity index is 820. The normalized spacial score (nSPS) is 16.8. The highest BCUT2D eigenvalue weighted by atomic mass is 32.2. The summed E-state index contributed by atoms with van der Waals surface area (Å²) in [4.78, 5) is 76.4. The highest BCUT2D eigenvalue weighted by Gasteiger charge is 2.34. The third-order valence-electron chi connectivity index (χ3n) is 3.46. The Morgan fingerprint density at radius 2 is 1.10 bits per heavy atom. The van der Waals surface area contributed by atoms with Gasteiger partial charge in [0.15, 0.2) is 0 Å². The van der Waals surface area contributed by atoms with E-state index in [4.69, 9.17) is 0 Å². The molecule has 2 aliphatic rings. The number of ether oxygens (including phenoxy) is 2. The molecule has 2 rings (SSSR count). The number of amides is 4. The monoisotopic (exact) mass is 452 g/mol. The summed E-state index contributed by atoms with van der Waals surface area (Å²) in [5.74, 6) is -3.69. The Morgan fingerprint density at radius 1 is 0.700 bits per heavy atom. The van der Waals surface area contributed by atoms with E-state index >= 15 is 0 Å². The van der Waals surface area contributed by atoms with Gasteiger partial charge in [-0.25, -0.2) is 9.59 Å². The maximum atomic E-state index is 11.6. The van der Waals surface area contributed by atoms with Crippen molar-refractivity contribution in [1.82, 2.24) is 10.1 Å². The van der Waals surface area contributed by atoms with E-state index in [1.165, 1.54) is 0 Å². The van der Waals surface area contributed by atoms with Gasteiger partial charge >= 0.3 is 12.3 Å². The van der Waals surface area contributed by atoms with Gasteiger partial charge in [0, 0.05) is 25.7 Å². The summed E-state index contributed by atoms with van der Waals surface area (Å²) in [6.07, 6.45) is -3.30. The Labute approximate surface area is 168 Å². The summed E-state index contributed by atoms with van der Waals surface area (Å²) in [6, 6.07) is 0. The SMILES string of the molecule is O=C(OCCOS(=O)(=O)CCOC(=O)ON1C(=O)CCC1=O)ON1C(=O)CCC1=O. The van der Waals surface area contributed by atoms with Crippen LogP contribution in [0.2, 0.25) is 0 Å². The molecule has 0 bridgehead atoms. The highest BCUT2D eigenvalue weighted by molar-refractivity contribution is 7.86. The van der Waals surface area contributed by atoms with Crippen molar-refractivity contribution in [3.63, 3.8) is 0 Å². The Hall–Kier alpha value is -3.27. The summed E-state index contributed by atoms with van der Waals surface area (Å²) >= 11 is 0. The Balaban J connectivity index is 1.60. The quantitative estimate of drug-likeness (QED) is 0.175. The van der Waals surface area contributed by atoms with Gasteiger partial charge in [0.1, 0.15) is 25.6 Å². The predicted molar refractivity (Wildman–Crippen MR) is 86.8 cm³/mol. The van der Waals surface area contributed by atoms with Crippen LogP contribution in [-0.4, -0.2) is 80.1 Å². The van der Waals surface area contributed by atoms with Crippen LogP contribution in [-0.2, 0) is 52.6 Å². The molecule has 0 N–H and O–H groups in total. The molecule has 2 saturated heterocycles. The second-order valence-electron chi connectivity index (χ2n) is 5.63. The average molecular weight is 452 g/mol. The van der Waals surface area contributed by atoms with Crippen LogP contribution in [0.1, 0.15) is 25.7 Å². The minimum atomic E-state index is -4.19. The minimum Gasteiger partial charge on any atom is -0.432 e. The Kier molecular flexibility index (Phi) is 7.65. The predicted octanol–water partition coefficient (Wildman–Crippen LogP) is -1.23. The molecule has 0 aromatic rings. The van der Waals surface area contributed by atoms with Gasteiger partial charge in [0.05, 0.1) is 0 Å². The smallest absolute Gasteiger partial charge is 0.432 e. The van der Waals surface area contributed by atoms with Crippen molar-refractivity contribution in [3.8, 4) is 0 Å². The molecule has 2 heterocycles. The van der Waals surface area contributed by atoms with E-state index < -0.39 is 71.6 Å². The molecule has 0 spiro atoms. The number of carbonyl (C=O) groups is 6. The first-order chi connectivity index (χ1) is 14.1. The van der Waals surface area contributed by atoms with Crippen LogP contribution in [0.25, 0.3) is 0 Å². The van der Waals surface area contributed by atoms with E-state index in [1.54, 1.807) is 0 Å². The van der Waals surface area contributed by atoms with Crippen molar-refractivity contribution in [2.45, 2.75) is 25.7 Å². The molecule has 2 fully saturated rings. The molecular formula is C14H16N2O13S. The lowest BCUT2D eigenvalue weighted by atomic mass is 10.4. The van der Waals surface area contributed by atoms with Crippen LogP contribution >= 0.6 is 0 Å². The third-order valence-corrected chi connectivity index (χ3v) is 4.66. The fourth-order valence-electron chi connectivity index (χ4n) is 2.09. The first kappa shape index (κ1) is 23.0. The van der Waals surface area contributed by atoms with Crippen molar-refractivity contribution < 1.29 is 60.5 Å². The van der Waals surface area contributed by atoms with Crippen LogP contribution < -0.4 is 0 Å². The average Bonchev–Trinajstić information content (AvgIpc) is 3.15. The van der Waals surface area contributed by atoms with Gasteiger partial charge in [-0.3, -0.25) is 33.0 Å². The van der Waals surface area contributed by atoms with E-state index in [-0.39, 0.29) is 35.8 Å². The minimum absolute atomic E-state index is 0.103. The second-order valence-corrected chi connectivity index (χ2v) is 7.39. The zero-order chi connectivity index (χ0) is 22.3. The highest BCUT2D eigenvalue weighted by Crippen LogP contribution is 2.13. The number of hydrogen-bond donors (Lipinski definition) is 0. The van der Waals surface area contributed by atoms with Gasteiger partial charge in [-0.2, -0.15) is 8.42 Å². The van der Waals surface area contributed by atoms with E-state index in [1.807, 2.05) is 0 Å². The maximum Gasteiger partial charge on any atom is 0.534 e. The van der Waals surface area contributed by atoms with Gasteiger partial charge < -0.3 is 9.47 Å². The molecule has 4 amide bonds. The van der Waals surface area contributed by atoms with Crippen LogP contribution in [0, 0.1) is 0 Å². The lowest BCUT2D eigenvalue weighted by molar-refractivity contribution is -0.177. The molecule has 166 valence electrons. The Morgan fingerprint density at radius 3 is 1.53 bits per heavy atom.